The molecule has 2 saturated heterocycles. The van der Waals surface area contributed by atoms with Gasteiger partial charge in [0.25, 0.3) is 5.91 Å². The van der Waals surface area contributed by atoms with Crippen LogP contribution >= 0.6 is 0 Å². The predicted octanol–water partition coefficient (Wildman–Crippen LogP) is 2.87. The van der Waals surface area contributed by atoms with Crippen molar-refractivity contribution >= 4 is 30.7 Å². The zero-order chi connectivity index (χ0) is 26.8. The van der Waals surface area contributed by atoms with Crippen LogP contribution in [0.4, 0.5) is 0 Å². The fourth-order valence-electron chi connectivity index (χ4n) is 4.08. The highest BCUT2D eigenvalue weighted by atomic mass is 16.7. The van der Waals surface area contributed by atoms with E-state index in [0.29, 0.717) is 30.5 Å². The van der Waals surface area contributed by atoms with Gasteiger partial charge in [0.2, 0.25) is 5.91 Å². The van der Waals surface area contributed by atoms with Gasteiger partial charge in [-0.3, -0.25) is 14.4 Å². The second kappa shape index (κ2) is 10.4. The molecule has 0 radical (unpaired) electrons. The number of amides is 2. The van der Waals surface area contributed by atoms with E-state index in [1.54, 1.807) is 42.3 Å². The number of carbonyl (C=O) groups excluding carboxylic acids is 3. The van der Waals surface area contributed by atoms with E-state index >= 15 is 0 Å². The highest BCUT2D eigenvalue weighted by molar-refractivity contribution is 6.62. The van der Waals surface area contributed by atoms with Crippen LogP contribution in [0.15, 0.2) is 42.9 Å². The second-order valence-electron chi connectivity index (χ2n) is 9.74. The lowest BCUT2D eigenvalue weighted by Gasteiger charge is -2.33. The fraction of sp³-hybridized carbons (Fsp3) is 0.462. The van der Waals surface area contributed by atoms with Gasteiger partial charge in [0, 0.05) is 42.6 Å². The summed E-state index contributed by atoms with van der Waals surface area (Å²) in [5.41, 5.74) is 1.39. The Morgan fingerprint density at radius 3 is 2.47 bits per heavy atom. The molecule has 4 rings (SSSR count). The van der Waals surface area contributed by atoms with Crippen molar-refractivity contribution in [2.24, 2.45) is 0 Å². The van der Waals surface area contributed by atoms with Gasteiger partial charge in [0.1, 0.15) is 0 Å². The van der Waals surface area contributed by atoms with Gasteiger partial charge in [0.15, 0.2) is 6.29 Å². The van der Waals surface area contributed by atoms with E-state index in [2.05, 4.69) is 17.0 Å². The number of hydrogen-bond acceptors (Lipinski definition) is 6. The first kappa shape index (κ1) is 27.4. The highest BCUT2D eigenvalue weighted by Gasteiger charge is 2.52. The molecule has 0 saturated carbocycles. The Morgan fingerprint density at radius 2 is 1.89 bits per heavy atom. The van der Waals surface area contributed by atoms with Crippen molar-refractivity contribution in [2.45, 2.75) is 71.6 Å². The number of hydrogen-bond donors (Lipinski definition) is 1. The van der Waals surface area contributed by atoms with Crippen molar-refractivity contribution in [3.8, 4) is 5.69 Å². The summed E-state index contributed by atoms with van der Waals surface area (Å²) in [7, 11) is 1.08. The van der Waals surface area contributed by atoms with Crippen molar-refractivity contribution in [3.63, 3.8) is 0 Å². The molecule has 2 fully saturated rings. The average molecular weight is 494 g/mol. The Hall–Kier alpha value is -3.24. The molecule has 2 amide bonds. The molecule has 192 valence electrons. The molecule has 1 N–H and O–H groups in total. The van der Waals surface area contributed by atoms with Gasteiger partial charge in [-0.05, 0) is 52.3 Å². The molecule has 1 aromatic carbocycles. The molecule has 3 heterocycles. The Bertz CT molecular complexity index is 1160. The van der Waals surface area contributed by atoms with Crippen LogP contribution in [0.1, 0.15) is 75.1 Å². The van der Waals surface area contributed by atoms with Crippen molar-refractivity contribution < 1.29 is 23.7 Å². The van der Waals surface area contributed by atoms with Gasteiger partial charge in [0.05, 0.1) is 28.5 Å². The number of carbonyl (C=O) groups is 3. The highest BCUT2D eigenvalue weighted by Crippen LogP contribution is 2.36. The molecule has 2 aliphatic heterocycles. The van der Waals surface area contributed by atoms with E-state index in [0.717, 1.165) is 5.46 Å². The Labute approximate surface area is 213 Å². The standard InChI is InChI=1S/C24H29BN4O5.C2H6/c1-15-20(9-10-21(31)27-15)28(6)22(32)19-11-18(8-7-16(19)14-30)29-13-17(12-26-29)25-33-23(2,3)24(4,5)34-25;1-2/h7-8,11-14,20H,1,9-10H2,2-6H3,(H,27,31);1-2H3. The molecule has 1 atom stereocenters. The molecule has 0 aliphatic carbocycles. The van der Waals surface area contributed by atoms with Gasteiger partial charge in [-0.2, -0.15) is 5.10 Å². The first-order chi connectivity index (χ1) is 16.9. The molecule has 10 heteroatoms. The fourth-order valence-corrected chi connectivity index (χ4v) is 4.08. The Kier molecular flexibility index (Phi) is 7.90. The number of aromatic nitrogens is 2. The molecule has 9 nitrogen and oxygen atoms in total. The number of rotatable bonds is 5. The van der Waals surface area contributed by atoms with E-state index < -0.39 is 18.3 Å². The minimum absolute atomic E-state index is 0.117. The summed E-state index contributed by atoms with van der Waals surface area (Å²) in [6.45, 7) is 15.8. The van der Waals surface area contributed by atoms with E-state index in [9.17, 15) is 14.4 Å². The summed E-state index contributed by atoms with van der Waals surface area (Å²) in [5.74, 6) is -0.459. The summed E-state index contributed by atoms with van der Waals surface area (Å²) >= 11 is 0. The van der Waals surface area contributed by atoms with Crippen molar-refractivity contribution in [1.82, 2.24) is 20.0 Å². The van der Waals surface area contributed by atoms with E-state index in [-0.39, 0.29) is 29.0 Å². The molecule has 0 spiro atoms. The summed E-state index contributed by atoms with van der Waals surface area (Å²) in [5, 5.41) is 7.11. The third-order valence-electron chi connectivity index (χ3n) is 6.92. The van der Waals surface area contributed by atoms with Gasteiger partial charge in [-0.15, -0.1) is 0 Å². The number of aldehydes is 1. The Balaban J connectivity index is 0.00000176. The molecular weight excluding hydrogens is 459 g/mol. The van der Waals surface area contributed by atoms with Gasteiger partial charge in [-0.1, -0.05) is 20.4 Å². The van der Waals surface area contributed by atoms with E-state index in [1.807, 2.05) is 41.5 Å². The number of nitrogens with one attached hydrogen (secondary N) is 1. The zero-order valence-corrected chi connectivity index (χ0v) is 22.1. The van der Waals surface area contributed by atoms with Gasteiger partial charge >= 0.3 is 7.12 Å². The van der Waals surface area contributed by atoms with Crippen molar-refractivity contribution in [1.29, 1.82) is 0 Å². The quantitative estimate of drug-likeness (QED) is 0.507. The van der Waals surface area contributed by atoms with Crippen molar-refractivity contribution in [2.75, 3.05) is 7.05 Å². The monoisotopic (exact) mass is 494 g/mol. The molecule has 2 aliphatic rings. The maximum Gasteiger partial charge on any atom is 0.498 e. The summed E-state index contributed by atoms with van der Waals surface area (Å²) in [6, 6.07) is 4.60. The lowest BCUT2D eigenvalue weighted by atomic mass is 9.82. The molecule has 1 unspecified atom stereocenters. The molecule has 1 aromatic heterocycles. The van der Waals surface area contributed by atoms with Crippen LogP contribution in [0.2, 0.25) is 0 Å². The predicted molar refractivity (Wildman–Crippen MR) is 138 cm³/mol. The van der Waals surface area contributed by atoms with Crippen molar-refractivity contribution in [3.05, 3.63) is 54.0 Å². The maximum atomic E-state index is 13.3. The number of likely N-dealkylation sites (N-methyl/N-ethyl adjacent to an activating group) is 1. The van der Waals surface area contributed by atoms with Crippen LogP contribution < -0.4 is 10.8 Å². The smallest absolute Gasteiger partial charge is 0.399 e. The minimum atomic E-state index is -0.562. The van der Waals surface area contributed by atoms with E-state index in [1.165, 1.54) is 4.90 Å². The summed E-state index contributed by atoms with van der Waals surface area (Å²) < 4.78 is 13.8. The molecule has 0 bridgehead atoms. The topological polar surface area (TPSA) is 103 Å². The van der Waals surface area contributed by atoms with Crippen LogP contribution in [-0.4, -0.2) is 64.2 Å². The average Bonchev–Trinajstić information content (AvgIpc) is 3.41. The number of piperidine rings is 1. The van der Waals surface area contributed by atoms with Gasteiger partial charge in [-0.25, -0.2) is 4.68 Å². The van der Waals surface area contributed by atoms with Crippen LogP contribution in [0.5, 0.6) is 0 Å². The summed E-state index contributed by atoms with van der Waals surface area (Å²) in [4.78, 5) is 38.1. The maximum absolute atomic E-state index is 13.3. The summed E-state index contributed by atoms with van der Waals surface area (Å²) in [6.07, 6.45) is 4.88. The normalized spacial score (nSPS) is 20.3. The van der Waals surface area contributed by atoms with Crippen LogP contribution in [0.25, 0.3) is 5.69 Å². The molecular formula is C26H35BN4O5. The second-order valence-corrected chi connectivity index (χ2v) is 9.74. The number of benzene rings is 1. The Morgan fingerprint density at radius 1 is 1.25 bits per heavy atom. The third kappa shape index (κ3) is 5.15. The van der Waals surface area contributed by atoms with E-state index in [4.69, 9.17) is 9.31 Å². The lowest BCUT2D eigenvalue weighted by Crippen LogP contribution is -2.46. The third-order valence-corrected chi connectivity index (χ3v) is 6.92. The van der Waals surface area contributed by atoms with Crippen LogP contribution in [0, 0.1) is 0 Å². The molecule has 36 heavy (non-hydrogen) atoms. The van der Waals surface area contributed by atoms with Gasteiger partial charge < -0.3 is 19.5 Å². The van der Waals surface area contributed by atoms with Crippen LogP contribution in [0.3, 0.4) is 0 Å². The lowest BCUT2D eigenvalue weighted by molar-refractivity contribution is -0.121. The number of nitrogens with zero attached hydrogens (tertiary/aromatic N) is 3. The molecule has 2 aromatic rings. The SMILES string of the molecule is C=C1NC(=O)CCC1N(C)C(=O)c1cc(-n2cc(B3OC(C)(C)C(C)(C)O3)cn2)ccc1C=O.CC. The largest absolute Gasteiger partial charge is 0.498 e. The first-order valence-corrected chi connectivity index (χ1v) is 12.2. The first-order valence-electron chi connectivity index (χ1n) is 12.2. The van der Waals surface area contributed by atoms with Crippen LogP contribution in [-0.2, 0) is 14.1 Å². The zero-order valence-electron chi connectivity index (χ0n) is 22.1. The minimum Gasteiger partial charge on any atom is -0.399 e.